The van der Waals surface area contributed by atoms with Gasteiger partial charge < -0.3 is 20.3 Å². The molecule has 1 aliphatic heterocycles. The Morgan fingerprint density at radius 3 is 2.12 bits per heavy atom. The van der Waals surface area contributed by atoms with E-state index in [1.165, 1.54) is 101 Å². The number of aliphatic hydroxyl groups excluding tert-OH is 1. The summed E-state index contributed by atoms with van der Waals surface area (Å²) in [6, 6.07) is 0. The maximum atomic E-state index is 13.8. The predicted octanol–water partition coefficient (Wildman–Crippen LogP) is 6.78. The predicted molar refractivity (Wildman–Crippen MR) is 162 cm³/mol. The van der Waals surface area contributed by atoms with E-state index in [0.717, 1.165) is 19.3 Å². The van der Waals surface area contributed by atoms with Crippen LogP contribution in [0.5, 0.6) is 0 Å². The molecule has 0 unspecified atom stereocenters. The Hall–Kier alpha value is -2.77. The van der Waals surface area contributed by atoms with E-state index in [-0.39, 0.29) is 35.8 Å². The molecule has 0 amide bonds. The first-order chi connectivity index (χ1) is 20.4. The summed E-state index contributed by atoms with van der Waals surface area (Å²) in [7, 11) is 0. The number of terminal acetylenes is 1. The molecule has 3 N–H and O–H groups in total. The van der Waals surface area contributed by atoms with Gasteiger partial charge in [-0.2, -0.15) is 14.4 Å². The van der Waals surface area contributed by atoms with Crippen molar-refractivity contribution >= 4 is 23.0 Å². The fourth-order valence-corrected chi connectivity index (χ4v) is 5.70. The number of hydrogen-bond donors (Lipinski definition) is 2. The zero-order valence-electron chi connectivity index (χ0n) is 25.4. The summed E-state index contributed by atoms with van der Waals surface area (Å²) in [5, 5.41) is 10.1. The third-order valence-electron chi connectivity index (χ3n) is 8.25. The number of ether oxygens (including phenoxy) is 2. The molecule has 3 heterocycles. The van der Waals surface area contributed by atoms with Gasteiger partial charge in [-0.25, -0.2) is 4.98 Å². The number of hydrogen-bond acceptors (Lipinski definition) is 8. The third-order valence-corrected chi connectivity index (χ3v) is 8.25. The molecular formula is C32H50FN5O4. The molecule has 1 fully saturated rings. The second kappa shape index (κ2) is 18.0. The second-order valence-corrected chi connectivity index (χ2v) is 11.6. The molecule has 3 atom stereocenters. The standard InChI is InChI=1S/C32H50FN5O4/c1-3-5-6-7-8-9-10-11-12-13-14-15-16-17-18-19-20-21-27(40)41-25-22-26(42-32(25,4-2)23-39)38-24-35-28-29(34)36-31(33)37-30(28)38/h2,24-26,39H,3,5-23H2,1H3,(H2,34,36,37)/t25-,26-,32-/m1/s1. The summed E-state index contributed by atoms with van der Waals surface area (Å²) in [6.45, 7) is 1.72. The molecule has 1 aliphatic rings. The molecule has 0 aliphatic carbocycles. The molecule has 0 saturated carbocycles. The lowest BCUT2D eigenvalue weighted by Crippen LogP contribution is -2.44. The molecule has 3 rings (SSSR count). The van der Waals surface area contributed by atoms with Gasteiger partial charge in [0, 0.05) is 12.8 Å². The maximum absolute atomic E-state index is 13.8. The Morgan fingerprint density at radius 2 is 1.60 bits per heavy atom. The number of aliphatic hydroxyl groups is 1. The van der Waals surface area contributed by atoms with Crippen molar-refractivity contribution in [2.45, 2.75) is 147 Å². The van der Waals surface area contributed by atoms with Crippen LogP contribution in [0.3, 0.4) is 0 Å². The normalized spacial score (nSPS) is 20.2. The summed E-state index contributed by atoms with van der Waals surface area (Å²) < 4.78 is 26.9. The van der Waals surface area contributed by atoms with Gasteiger partial charge in [0.25, 0.3) is 0 Å². The van der Waals surface area contributed by atoms with E-state index in [1.807, 2.05) is 0 Å². The number of nitrogen functional groups attached to an aromatic ring is 1. The number of unbranched alkanes of at least 4 members (excludes halogenated alkanes) is 16. The lowest BCUT2D eigenvalue weighted by atomic mass is 9.98. The van der Waals surface area contributed by atoms with Gasteiger partial charge in [0.1, 0.15) is 12.3 Å². The van der Waals surface area contributed by atoms with Crippen LogP contribution in [0.2, 0.25) is 0 Å². The molecule has 42 heavy (non-hydrogen) atoms. The average Bonchev–Trinajstić information content (AvgIpc) is 3.56. The summed E-state index contributed by atoms with van der Waals surface area (Å²) in [4.78, 5) is 24.0. The van der Waals surface area contributed by atoms with Crippen LogP contribution < -0.4 is 5.73 Å². The molecule has 10 heteroatoms. The van der Waals surface area contributed by atoms with E-state index in [0.29, 0.717) is 0 Å². The Bertz CT molecular complexity index is 1140. The number of nitrogens with two attached hydrogens (primary N) is 1. The van der Waals surface area contributed by atoms with Crippen molar-refractivity contribution < 1.29 is 23.8 Å². The van der Waals surface area contributed by atoms with Crippen LogP contribution in [0.1, 0.15) is 135 Å². The van der Waals surface area contributed by atoms with Crippen molar-refractivity contribution in [2.24, 2.45) is 0 Å². The quantitative estimate of drug-likeness (QED) is 0.0708. The number of esters is 1. The van der Waals surface area contributed by atoms with Crippen molar-refractivity contribution in [1.82, 2.24) is 19.5 Å². The number of carbonyl (C=O) groups is 1. The molecule has 234 valence electrons. The topological polar surface area (TPSA) is 125 Å². The second-order valence-electron chi connectivity index (χ2n) is 11.6. The number of anilines is 1. The summed E-state index contributed by atoms with van der Waals surface area (Å²) in [5.74, 6) is 1.97. The molecular weight excluding hydrogens is 537 g/mol. The zero-order chi connectivity index (χ0) is 30.2. The third kappa shape index (κ3) is 9.91. The fourth-order valence-electron chi connectivity index (χ4n) is 5.70. The minimum Gasteiger partial charge on any atom is -0.458 e. The van der Waals surface area contributed by atoms with Crippen molar-refractivity contribution in [2.75, 3.05) is 12.3 Å². The highest BCUT2D eigenvalue weighted by Gasteiger charge is 2.51. The van der Waals surface area contributed by atoms with E-state index in [4.69, 9.17) is 21.6 Å². The lowest BCUT2D eigenvalue weighted by Gasteiger charge is -2.26. The van der Waals surface area contributed by atoms with Gasteiger partial charge in [-0.3, -0.25) is 9.36 Å². The summed E-state index contributed by atoms with van der Waals surface area (Å²) >= 11 is 0. The maximum Gasteiger partial charge on any atom is 0.312 e. The number of aromatic nitrogens is 4. The largest absolute Gasteiger partial charge is 0.458 e. The molecule has 9 nitrogen and oxygen atoms in total. The van der Waals surface area contributed by atoms with Crippen LogP contribution in [0.4, 0.5) is 10.2 Å². The van der Waals surface area contributed by atoms with E-state index in [2.05, 4.69) is 27.8 Å². The van der Waals surface area contributed by atoms with Gasteiger partial charge in [-0.15, -0.1) is 6.42 Å². The Morgan fingerprint density at radius 1 is 1.05 bits per heavy atom. The highest BCUT2D eigenvalue weighted by Crippen LogP contribution is 2.39. The Balaban J connectivity index is 1.28. The van der Waals surface area contributed by atoms with Crippen LogP contribution in [-0.4, -0.2) is 48.9 Å². The Labute approximate surface area is 250 Å². The number of fused-ring (bicyclic) bond motifs is 1. The molecule has 0 radical (unpaired) electrons. The lowest BCUT2D eigenvalue weighted by molar-refractivity contribution is -0.158. The van der Waals surface area contributed by atoms with Crippen LogP contribution >= 0.6 is 0 Å². The molecule has 1 saturated heterocycles. The first-order valence-corrected chi connectivity index (χ1v) is 16.1. The highest BCUT2D eigenvalue weighted by molar-refractivity contribution is 5.81. The van der Waals surface area contributed by atoms with Crippen molar-refractivity contribution in [1.29, 1.82) is 0 Å². The first kappa shape index (κ1) is 33.7. The smallest absolute Gasteiger partial charge is 0.312 e. The fraction of sp³-hybridized carbons (Fsp3) is 0.750. The van der Waals surface area contributed by atoms with Gasteiger partial charge in [0.05, 0.1) is 12.9 Å². The molecule has 0 aromatic carbocycles. The minimum absolute atomic E-state index is 0.100. The van der Waals surface area contributed by atoms with Gasteiger partial charge >= 0.3 is 12.0 Å². The van der Waals surface area contributed by atoms with Crippen molar-refractivity contribution in [3.05, 3.63) is 12.4 Å². The van der Waals surface area contributed by atoms with E-state index in [9.17, 15) is 14.3 Å². The number of rotatable bonds is 21. The zero-order valence-corrected chi connectivity index (χ0v) is 25.4. The van der Waals surface area contributed by atoms with Crippen molar-refractivity contribution in [3.63, 3.8) is 0 Å². The molecule has 0 spiro atoms. The van der Waals surface area contributed by atoms with Gasteiger partial charge in [0.15, 0.2) is 22.6 Å². The number of halogens is 1. The van der Waals surface area contributed by atoms with E-state index < -0.39 is 30.6 Å². The van der Waals surface area contributed by atoms with Crippen LogP contribution in [-0.2, 0) is 14.3 Å². The number of imidazole rings is 1. The molecule has 2 aromatic rings. The Kier molecular flexibility index (Phi) is 14.5. The minimum atomic E-state index is -1.53. The molecule has 2 aromatic heterocycles. The SMILES string of the molecule is C#C[C@]1(CO)O[C@@H](n2cnc3c(N)nc(F)nc32)C[C@H]1OC(=O)CCCCCCCCCCCCCCCCCCC. The number of carbonyl (C=O) groups excluding carboxylic acids is 1. The van der Waals surface area contributed by atoms with Gasteiger partial charge in [0.2, 0.25) is 0 Å². The van der Waals surface area contributed by atoms with Crippen LogP contribution in [0.25, 0.3) is 11.2 Å². The highest BCUT2D eigenvalue weighted by atomic mass is 19.1. The van der Waals surface area contributed by atoms with Crippen LogP contribution in [0.15, 0.2) is 6.33 Å². The summed E-state index contributed by atoms with van der Waals surface area (Å²) in [6.07, 6.45) is 26.5. The molecule has 0 bridgehead atoms. The van der Waals surface area contributed by atoms with Crippen molar-refractivity contribution in [3.8, 4) is 12.3 Å². The van der Waals surface area contributed by atoms with Gasteiger partial charge in [-0.05, 0) is 6.42 Å². The monoisotopic (exact) mass is 587 g/mol. The number of nitrogens with zero attached hydrogens (tertiary/aromatic N) is 4. The van der Waals surface area contributed by atoms with Crippen LogP contribution in [0, 0.1) is 18.4 Å². The van der Waals surface area contributed by atoms with E-state index in [1.54, 1.807) is 0 Å². The van der Waals surface area contributed by atoms with E-state index >= 15 is 0 Å². The van der Waals surface area contributed by atoms with Gasteiger partial charge in [-0.1, -0.05) is 116 Å². The summed E-state index contributed by atoms with van der Waals surface area (Å²) in [5.41, 5.74) is 4.58. The average molecular weight is 588 g/mol. The first-order valence-electron chi connectivity index (χ1n) is 16.1.